The third-order valence-electron chi connectivity index (χ3n) is 2.80. The van der Waals surface area contributed by atoms with E-state index < -0.39 is 15.6 Å². The van der Waals surface area contributed by atoms with Crippen LogP contribution < -0.4 is 4.89 Å². The summed E-state index contributed by atoms with van der Waals surface area (Å²) in [5.74, 6) is 0. The molecule has 0 aromatic heterocycles. The van der Waals surface area contributed by atoms with Crippen LogP contribution in [-0.4, -0.2) is 14.0 Å². The maximum atomic E-state index is 12.3. The van der Waals surface area contributed by atoms with Crippen molar-refractivity contribution in [3.05, 3.63) is 29.3 Å². The molecule has 0 bridgehead atoms. The normalized spacial score (nSPS) is 13.6. The molecule has 1 N–H and O–H groups in total. The minimum absolute atomic E-state index is 0.108. The molecule has 0 radical (unpaired) electrons. The molecular weight excluding hydrogens is 274 g/mol. The Labute approximate surface area is 122 Å². The molecule has 0 spiro atoms. The van der Waals surface area contributed by atoms with Gasteiger partial charge in [0, 0.05) is 0 Å². The lowest BCUT2D eigenvalue weighted by Crippen LogP contribution is -2.34. The van der Waals surface area contributed by atoms with E-state index in [2.05, 4.69) is 4.89 Å². The summed E-state index contributed by atoms with van der Waals surface area (Å²) >= 11 is 0. The van der Waals surface area contributed by atoms with E-state index in [4.69, 9.17) is 4.84 Å². The minimum atomic E-state index is -3.68. The van der Waals surface area contributed by atoms with Crippen LogP contribution in [0.25, 0.3) is 0 Å². The lowest BCUT2D eigenvalue weighted by molar-refractivity contribution is -0.0357. The second-order valence-electron chi connectivity index (χ2n) is 7.03. The van der Waals surface area contributed by atoms with Gasteiger partial charge in [0.25, 0.3) is 10.0 Å². The molecule has 0 aliphatic heterocycles. The SMILES string of the molecule is Cc1ccc(C(C)(C)C)cc1S(=O)(=O)NOC(C)(C)C. The van der Waals surface area contributed by atoms with Crippen LogP contribution in [0.4, 0.5) is 0 Å². The zero-order chi connectivity index (χ0) is 15.8. The molecule has 0 atom stereocenters. The molecule has 0 amide bonds. The van der Waals surface area contributed by atoms with Crippen molar-refractivity contribution in [3.8, 4) is 0 Å². The highest BCUT2D eigenvalue weighted by molar-refractivity contribution is 7.89. The first-order valence-corrected chi connectivity index (χ1v) is 8.12. The van der Waals surface area contributed by atoms with Gasteiger partial charge in [-0.15, -0.1) is 0 Å². The monoisotopic (exact) mass is 299 g/mol. The molecule has 0 unspecified atom stereocenters. The van der Waals surface area contributed by atoms with Gasteiger partial charge in [0.2, 0.25) is 0 Å². The van der Waals surface area contributed by atoms with Crippen molar-refractivity contribution in [2.24, 2.45) is 0 Å². The summed E-state index contributed by atoms with van der Waals surface area (Å²) in [7, 11) is -3.68. The van der Waals surface area contributed by atoms with Crippen LogP contribution in [0.1, 0.15) is 52.7 Å². The molecule has 5 heteroatoms. The second kappa shape index (κ2) is 5.47. The van der Waals surface area contributed by atoms with Gasteiger partial charge in [-0.3, -0.25) is 4.84 Å². The smallest absolute Gasteiger partial charge is 0.262 e. The van der Waals surface area contributed by atoms with E-state index in [1.54, 1.807) is 33.8 Å². The lowest BCUT2D eigenvalue weighted by Gasteiger charge is -2.22. The van der Waals surface area contributed by atoms with E-state index in [9.17, 15) is 8.42 Å². The summed E-state index contributed by atoms with van der Waals surface area (Å²) in [4.78, 5) is 7.66. The maximum Gasteiger partial charge on any atom is 0.262 e. The summed E-state index contributed by atoms with van der Waals surface area (Å²) in [6, 6.07) is 5.49. The summed E-state index contributed by atoms with van der Waals surface area (Å²) in [5.41, 5.74) is 0.980. The molecule has 1 aromatic rings. The molecule has 0 fully saturated rings. The number of aryl methyl sites for hydroxylation is 1. The van der Waals surface area contributed by atoms with E-state index in [0.29, 0.717) is 5.56 Å². The van der Waals surface area contributed by atoms with Crippen LogP contribution in [-0.2, 0) is 20.3 Å². The Bertz CT molecular complexity index is 578. The zero-order valence-electron chi connectivity index (χ0n) is 13.4. The minimum Gasteiger partial charge on any atom is -0.281 e. The van der Waals surface area contributed by atoms with Crippen molar-refractivity contribution in [1.82, 2.24) is 4.89 Å². The Morgan fingerprint density at radius 3 is 2.05 bits per heavy atom. The number of benzene rings is 1. The number of sulfonamides is 1. The van der Waals surface area contributed by atoms with Gasteiger partial charge in [-0.05, 0) is 50.3 Å². The van der Waals surface area contributed by atoms with Crippen LogP contribution in [0.15, 0.2) is 23.1 Å². The molecule has 0 saturated heterocycles. The largest absolute Gasteiger partial charge is 0.281 e. The Kier molecular flexibility index (Phi) is 4.69. The Hall–Kier alpha value is -0.910. The standard InChI is InChI=1S/C15H25NO3S/c1-11-8-9-12(14(2,3)4)10-13(11)20(17,18)16-19-15(5,6)7/h8-10,16H,1-7H3. The number of nitrogens with one attached hydrogen (secondary N) is 1. The fourth-order valence-electron chi connectivity index (χ4n) is 1.58. The molecule has 114 valence electrons. The fourth-order valence-corrected chi connectivity index (χ4v) is 2.80. The highest BCUT2D eigenvalue weighted by Gasteiger charge is 2.23. The first kappa shape index (κ1) is 17.1. The van der Waals surface area contributed by atoms with Gasteiger partial charge < -0.3 is 0 Å². The van der Waals surface area contributed by atoms with E-state index in [1.165, 1.54) is 0 Å². The van der Waals surface area contributed by atoms with Gasteiger partial charge in [0.1, 0.15) is 0 Å². The first-order valence-electron chi connectivity index (χ1n) is 6.64. The zero-order valence-corrected chi connectivity index (χ0v) is 14.2. The molecule has 4 nitrogen and oxygen atoms in total. The number of hydrogen-bond acceptors (Lipinski definition) is 3. The first-order chi connectivity index (χ1) is 8.83. The number of rotatable bonds is 3. The molecule has 0 heterocycles. The third kappa shape index (κ3) is 4.58. The highest BCUT2D eigenvalue weighted by atomic mass is 32.2. The van der Waals surface area contributed by atoms with Crippen LogP contribution in [0.5, 0.6) is 0 Å². The molecule has 1 aromatic carbocycles. The molecule has 0 aliphatic rings. The molecular formula is C15H25NO3S. The van der Waals surface area contributed by atoms with E-state index in [-0.39, 0.29) is 10.3 Å². The van der Waals surface area contributed by atoms with Crippen LogP contribution in [0, 0.1) is 6.92 Å². The Balaban J connectivity index is 3.18. The quantitative estimate of drug-likeness (QED) is 0.871. The summed E-state index contributed by atoms with van der Waals surface area (Å²) in [6.45, 7) is 13.3. The Morgan fingerprint density at radius 2 is 1.60 bits per heavy atom. The average molecular weight is 299 g/mol. The van der Waals surface area contributed by atoms with Crippen molar-refractivity contribution in [2.45, 2.75) is 64.4 Å². The highest BCUT2D eigenvalue weighted by Crippen LogP contribution is 2.26. The lowest BCUT2D eigenvalue weighted by atomic mass is 9.87. The predicted molar refractivity (Wildman–Crippen MR) is 81.0 cm³/mol. The van der Waals surface area contributed by atoms with Gasteiger partial charge in [0.15, 0.2) is 0 Å². The Morgan fingerprint density at radius 1 is 1.05 bits per heavy atom. The average Bonchev–Trinajstić information content (AvgIpc) is 2.24. The number of hydrogen-bond donors (Lipinski definition) is 1. The summed E-state index contributed by atoms with van der Waals surface area (Å²) in [5, 5.41) is 0. The van der Waals surface area contributed by atoms with Gasteiger partial charge in [-0.1, -0.05) is 37.8 Å². The van der Waals surface area contributed by atoms with E-state index >= 15 is 0 Å². The summed E-state index contributed by atoms with van der Waals surface area (Å²) < 4.78 is 24.7. The topological polar surface area (TPSA) is 55.4 Å². The van der Waals surface area contributed by atoms with Crippen LogP contribution >= 0.6 is 0 Å². The van der Waals surface area contributed by atoms with Gasteiger partial charge in [0.05, 0.1) is 10.5 Å². The van der Waals surface area contributed by atoms with Gasteiger partial charge in [-0.25, -0.2) is 8.42 Å². The second-order valence-corrected chi connectivity index (χ2v) is 8.64. The van der Waals surface area contributed by atoms with Crippen molar-refractivity contribution in [3.63, 3.8) is 0 Å². The maximum absolute atomic E-state index is 12.3. The van der Waals surface area contributed by atoms with Crippen LogP contribution in [0.3, 0.4) is 0 Å². The van der Waals surface area contributed by atoms with Crippen molar-refractivity contribution in [2.75, 3.05) is 0 Å². The van der Waals surface area contributed by atoms with Crippen LogP contribution in [0.2, 0.25) is 0 Å². The van der Waals surface area contributed by atoms with Crippen molar-refractivity contribution < 1.29 is 13.3 Å². The molecule has 20 heavy (non-hydrogen) atoms. The van der Waals surface area contributed by atoms with Gasteiger partial charge >= 0.3 is 0 Å². The van der Waals surface area contributed by atoms with E-state index in [1.807, 2.05) is 32.9 Å². The summed E-state index contributed by atoms with van der Waals surface area (Å²) in [6.07, 6.45) is 0. The van der Waals surface area contributed by atoms with Crippen molar-refractivity contribution in [1.29, 1.82) is 0 Å². The molecule has 1 rings (SSSR count). The van der Waals surface area contributed by atoms with E-state index in [0.717, 1.165) is 5.56 Å². The predicted octanol–water partition coefficient (Wildman–Crippen LogP) is 3.30. The molecule has 0 aliphatic carbocycles. The fraction of sp³-hybridized carbons (Fsp3) is 0.600. The molecule has 0 saturated carbocycles. The third-order valence-corrected chi connectivity index (χ3v) is 4.12. The van der Waals surface area contributed by atoms with Crippen molar-refractivity contribution >= 4 is 10.0 Å². The van der Waals surface area contributed by atoms with Gasteiger partial charge in [-0.2, -0.15) is 0 Å².